The summed E-state index contributed by atoms with van der Waals surface area (Å²) in [5.74, 6) is 2.52. The van der Waals surface area contributed by atoms with Crippen molar-refractivity contribution in [3.8, 4) is 28.2 Å². The zero-order chi connectivity index (χ0) is 27.1. The minimum absolute atomic E-state index is 0.408. The fraction of sp³-hybridized carbons (Fsp3) is 0.306. The van der Waals surface area contributed by atoms with Crippen LogP contribution in [0.3, 0.4) is 0 Å². The summed E-state index contributed by atoms with van der Waals surface area (Å²) in [4.78, 5) is 0. The molecule has 5 rings (SSSR count). The third kappa shape index (κ3) is 4.47. The average molecular weight is 502 g/mol. The van der Waals surface area contributed by atoms with Crippen molar-refractivity contribution in [1.29, 1.82) is 0 Å². The molecule has 0 aliphatic carbocycles. The average Bonchev–Trinajstić information content (AvgIpc) is 3.20. The van der Waals surface area contributed by atoms with E-state index in [1.54, 1.807) is 0 Å². The lowest BCUT2D eigenvalue weighted by Gasteiger charge is -2.19. The lowest BCUT2D eigenvalue weighted by Crippen LogP contribution is -2.30. The molecular weight excluding hydrogens is 460 g/mol. The Morgan fingerprint density at radius 1 is 0.632 bits per heavy atom. The van der Waals surface area contributed by atoms with Crippen molar-refractivity contribution in [2.24, 2.45) is 7.05 Å². The highest BCUT2D eigenvalue weighted by molar-refractivity contribution is 5.83. The number of fused-ring (bicyclic) bond motifs is 1. The molecule has 0 saturated carbocycles. The lowest BCUT2D eigenvalue weighted by molar-refractivity contribution is -0.633. The maximum Gasteiger partial charge on any atom is 0.295 e. The van der Waals surface area contributed by atoms with Crippen LogP contribution in [-0.4, -0.2) is 4.57 Å². The maximum atomic E-state index is 2.56. The third-order valence-corrected chi connectivity index (χ3v) is 7.95. The number of hydrogen-bond acceptors (Lipinski definition) is 0. The first-order chi connectivity index (χ1) is 18.2. The first-order valence-corrected chi connectivity index (χ1v) is 14.0. The van der Waals surface area contributed by atoms with Gasteiger partial charge in [0.25, 0.3) is 5.82 Å². The molecule has 0 saturated heterocycles. The number of hydrogen-bond donors (Lipinski definition) is 0. The van der Waals surface area contributed by atoms with E-state index < -0.39 is 0 Å². The molecule has 0 bridgehead atoms. The van der Waals surface area contributed by atoms with Crippen LogP contribution in [0.5, 0.6) is 0 Å². The zero-order valence-corrected chi connectivity index (χ0v) is 24.2. The molecule has 0 aliphatic rings. The summed E-state index contributed by atoms with van der Waals surface area (Å²) in [6, 6.07) is 31.5. The van der Waals surface area contributed by atoms with Gasteiger partial charge in [0.2, 0.25) is 0 Å². The van der Waals surface area contributed by atoms with Gasteiger partial charge in [0.15, 0.2) is 11.0 Å². The predicted octanol–water partition coefficient (Wildman–Crippen LogP) is 9.47. The molecule has 38 heavy (non-hydrogen) atoms. The van der Waals surface area contributed by atoms with E-state index >= 15 is 0 Å². The van der Waals surface area contributed by atoms with Crippen molar-refractivity contribution in [3.05, 3.63) is 107 Å². The van der Waals surface area contributed by atoms with Crippen LogP contribution in [0.15, 0.2) is 84.9 Å². The van der Waals surface area contributed by atoms with E-state index in [-0.39, 0.29) is 0 Å². The van der Waals surface area contributed by atoms with Crippen molar-refractivity contribution in [3.63, 3.8) is 0 Å². The molecule has 194 valence electrons. The van der Waals surface area contributed by atoms with Gasteiger partial charge in [0, 0.05) is 11.1 Å². The number of imidazole rings is 1. The molecular formula is C36H41N2+. The summed E-state index contributed by atoms with van der Waals surface area (Å²) in [6.45, 7) is 16.0. The first-order valence-electron chi connectivity index (χ1n) is 14.0. The number of aromatic nitrogens is 2. The molecule has 0 atom stereocenters. The summed E-state index contributed by atoms with van der Waals surface area (Å²) in [6.07, 6.45) is 0. The Balaban J connectivity index is 1.93. The Labute approximate surface area is 228 Å². The summed E-state index contributed by atoms with van der Waals surface area (Å²) >= 11 is 0. The fourth-order valence-corrected chi connectivity index (χ4v) is 5.71. The van der Waals surface area contributed by atoms with E-state index in [9.17, 15) is 0 Å². The van der Waals surface area contributed by atoms with Crippen molar-refractivity contribution < 1.29 is 4.57 Å². The largest absolute Gasteiger partial charge is 0.295 e. The van der Waals surface area contributed by atoms with Crippen LogP contribution >= 0.6 is 0 Å². The van der Waals surface area contributed by atoms with Crippen molar-refractivity contribution in [2.45, 2.75) is 66.2 Å². The van der Waals surface area contributed by atoms with Crippen LogP contribution in [0.2, 0.25) is 0 Å². The van der Waals surface area contributed by atoms with Gasteiger partial charge in [0.1, 0.15) is 5.69 Å². The quantitative estimate of drug-likeness (QED) is 0.205. The predicted molar refractivity (Wildman–Crippen MR) is 162 cm³/mol. The molecule has 0 amide bonds. The number of aryl methyl sites for hydroxylation is 2. The highest BCUT2D eigenvalue weighted by Gasteiger charge is 2.31. The molecule has 2 heteroatoms. The molecule has 0 spiro atoms. The van der Waals surface area contributed by atoms with E-state index in [4.69, 9.17) is 0 Å². The standard InChI is InChI=1S/C36H41N2/c1-23(2)28-19-20-33-34(22-28)37(8)36(32-21-29(18-17-26(32)7)27-13-10-9-11-14-27)38(33)35-30(24(3)4)15-12-16-31(35)25(5)6/h9-25H,1-8H3/q+1. The van der Waals surface area contributed by atoms with Crippen LogP contribution in [0.1, 0.15) is 81.5 Å². The first kappa shape index (κ1) is 26.0. The summed E-state index contributed by atoms with van der Waals surface area (Å²) in [7, 11) is 2.24. The Morgan fingerprint density at radius 3 is 1.89 bits per heavy atom. The topological polar surface area (TPSA) is 8.81 Å². The Morgan fingerprint density at radius 2 is 1.29 bits per heavy atom. The SMILES string of the molecule is Cc1ccc(-c2ccccc2)cc1-c1n(-c2c(C(C)C)cccc2C(C)C)c2ccc(C(C)C)cc2[n+]1C. The summed E-state index contributed by atoms with van der Waals surface area (Å²) < 4.78 is 4.97. The molecule has 0 fully saturated rings. The van der Waals surface area contributed by atoms with Gasteiger partial charge in [-0.05, 0) is 65.1 Å². The minimum atomic E-state index is 0.408. The summed E-state index contributed by atoms with van der Waals surface area (Å²) in [5, 5.41) is 0. The lowest BCUT2D eigenvalue weighted by atomic mass is 9.92. The Hall–Kier alpha value is -3.65. The number of benzene rings is 4. The molecule has 0 aliphatic heterocycles. The monoisotopic (exact) mass is 501 g/mol. The zero-order valence-electron chi connectivity index (χ0n) is 24.2. The van der Waals surface area contributed by atoms with Crippen LogP contribution < -0.4 is 4.57 Å². The van der Waals surface area contributed by atoms with E-state index in [0.29, 0.717) is 17.8 Å². The Kier molecular flexibility index (Phi) is 7.01. The van der Waals surface area contributed by atoms with E-state index in [0.717, 1.165) is 0 Å². The highest BCUT2D eigenvalue weighted by atomic mass is 15.2. The second-order valence-electron chi connectivity index (χ2n) is 11.6. The van der Waals surface area contributed by atoms with Gasteiger partial charge in [0.05, 0.1) is 12.6 Å². The summed E-state index contributed by atoms with van der Waals surface area (Å²) in [5.41, 5.74) is 13.0. The molecule has 4 aromatic carbocycles. The highest BCUT2D eigenvalue weighted by Crippen LogP contribution is 2.38. The number of para-hydroxylation sites is 1. The van der Waals surface area contributed by atoms with Gasteiger partial charge in [-0.3, -0.25) is 0 Å². The molecule has 2 nitrogen and oxygen atoms in total. The van der Waals surface area contributed by atoms with E-state index in [1.807, 2.05) is 0 Å². The van der Waals surface area contributed by atoms with Gasteiger partial charge in [-0.15, -0.1) is 0 Å². The van der Waals surface area contributed by atoms with E-state index in [1.165, 1.54) is 61.5 Å². The van der Waals surface area contributed by atoms with Gasteiger partial charge in [-0.1, -0.05) is 108 Å². The van der Waals surface area contributed by atoms with Crippen LogP contribution in [0.25, 0.3) is 39.2 Å². The van der Waals surface area contributed by atoms with Crippen molar-refractivity contribution in [1.82, 2.24) is 4.57 Å². The van der Waals surface area contributed by atoms with Crippen molar-refractivity contribution >= 4 is 11.0 Å². The van der Waals surface area contributed by atoms with Crippen molar-refractivity contribution in [2.75, 3.05) is 0 Å². The van der Waals surface area contributed by atoms with Gasteiger partial charge in [-0.2, -0.15) is 4.57 Å². The molecule has 0 N–H and O–H groups in total. The normalized spacial score (nSPS) is 11.9. The smallest absolute Gasteiger partial charge is 0.225 e. The second kappa shape index (κ2) is 10.3. The van der Waals surface area contributed by atoms with Crippen LogP contribution in [0.4, 0.5) is 0 Å². The van der Waals surface area contributed by atoms with Crippen LogP contribution in [-0.2, 0) is 7.05 Å². The molecule has 0 unspecified atom stereocenters. The minimum Gasteiger partial charge on any atom is -0.225 e. The fourth-order valence-electron chi connectivity index (χ4n) is 5.71. The Bertz CT molecular complexity index is 1570. The third-order valence-electron chi connectivity index (χ3n) is 7.95. The number of rotatable bonds is 6. The maximum absolute atomic E-state index is 2.56. The van der Waals surface area contributed by atoms with Crippen LogP contribution in [0, 0.1) is 6.92 Å². The molecule has 1 heterocycles. The number of nitrogens with zero attached hydrogens (tertiary/aromatic N) is 2. The second-order valence-corrected chi connectivity index (χ2v) is 11.6. The van der Waals surface area contributed by atoms with Gasteiger partial charge in [-0.25, -0.2) is 4.57 Å². The van der Waals surface area contributed by atoms with Gasteiger partial charge >= 0.3 is 0 Å². The molecule has 0 radical (unpaired) electrons. The molecule has 1 aromatic heterocycles. The van der Waals surface area contributed by atoms with Gasteiger partial charge < -0.3 is 0 Å². The molecule has 5 aromatic rings. The van der Waals surface area contributed by atoms with E-state index in [2.05, 4.69) is 150 Å².